The summed E-state index contributed by atoms with van der Waals surface area (Å²) in [4.78, 5) is 17.8. The number of halogens is 1. The highest BCUT2D eigenvalue weighted by molar-refractivity contribution is 6.34. The van der Waals surface area contributed by atoms with Crippen LogP contribution in [0.4, 0.5) is 5.82 Å². The maximum absolute atomic E-state index is 11.7. The Hall–Kier alpha value is -1.80. The van der Waals surface area contributed by atoms with Crippen molar-refractivity contribution in [2.24, 2.45) is 11.8 Å². The third kappa shape index (κ3) is 2.49. The lowest BCUT2D eigenvalue weighted by molar-refractivity contribution is -0.145. The number of rotatable bonds is 2. The van der Waals surface area contributed by atoms with Gasteiger partial charge in [-0.25, -0.2) is 4.98 Å². The number of hydrogen-bond acceptors (Lipinski definition) is 5. The van der Waals surface area contributed by atoms with Gasteiger partial charge in [0.2, 0.25) is 0 Å². The highest BCUT2D eigenvalue weighted by Crippen LogP contribution is 2.33. The Morgan fingerprint density at radius 2 is 2.37 bits per heavy atom. The summed E-state index contributed by atoms with van der Waals surface area (Å²) < 4.78 is 4.79. The van der Waals surface area contributed by atoms with E-state index in [1.54, 1.807) is 12.3 Å². The van der Waals surface area contributed by atoms with Gasteiger partial charge in [-0.2, -0.15) is 5.26 Å². The Labute approximate surface area is 116 Å². The number of methoxy groups -OCH3 is 1. The second-order valence-corrected chi connectivity index (χ2v) is 5.00. The summed E-state index contributed by atoms with van der Waals surface area (Å²) in [5, 5.41) is 9.30. The van der Waals surface area contributed by atoms with Gasteiger partial charge in [0.1, 0.15) is 16.9 Å². The topological polar surface area (TPSA) is 66.2 Å². The fraction of sp³-hybridized carbons (Fsp3) is 0.462. The van der Waals surface area contributed by atoms with Crippen molar-refractivity contribution in [3.8, 4) is 6.07 Å². The van der Waals surface area contributed by atoms with Gasteiger partial charge in [0.25, 0.3) is 0 Å². The van der Waals surface area contributed by atoms with E-state index in [-0.39, 0.29) is 17.8 Å². The van der Waals surface area contributed by atoms with E-state index in [1.165, 1.54) is 7.11 Å². The normalized spacial score (nSPS) is 22.1. The largest absolute Gasteiger partial charge is 0.469 e. The summed E-state index contributed by atoms with van der Waals surface area (Å²) in [6, 6.07) is 3.60. The van der Waals surface area contributed by atoms with E-state index in [0.717, 1.165) is 0 Å². The molecule has 2 rings (SSSR count). The van der Waals surface area contributed by atoms with E-state index in [2.05, 4.69) is 4.98 Å². The minimum Gasteiger partial charge on any atom is -0.469 e. The molecule has 0 aromatic carbocycles. The van der Waals surface area contributed by atoms with Crippen LogP contribution in [0.25, 0.3) is 0 Å². The van der Waals surface area contributed by atoms with Gasteiger partial charge in [-0.05, 0) is 12.0 Å². The summed E-state index contributed by atoms with van der Waals surface area (Å²) in [6.45, 7) is 3.17. The van der Waals surface area contributed by atoms with Crippen molar-refractivity contribution in [1.82, 2.24) is 4.98 Å². The standard InChI is InChI=1S/C13H14ClN3O2/c1-8-6-17(7-10(8)13(18)19-2)12-11(14)9(5-15)3-4-16-12/h3-4,8,10H,6-7H2,1-2H3. The fourth-order valence-electron chi connectivity index (χ4n) is 2.34. The predicted molar refractivity (Wildman–Crippen MR) is 70.8 cm³/mol. The molecule has 0 amide bonds. The molecule has 1 aromatic heterocycles. The first-order chi connectivity index (χ1) is 9.08. The molecule has 0 radical (unpaired) electrons. The number of carbonyl (C=O) groups is 1. The number of nitrogens with zero attached hydrogens (tertiary/aromatic N) is 3. The molecular weight excluding hydrogens is 266 g/mol. The number of carbonyl (C=O) groups excluding carboxylic acids is 1. The highest BCUT2D eigenvalue weighted by atomic mass is 35.5. The molecule has 100 valence electrons. The number of nitriles is 1. The van der Waals surface area contributed by atoms with Crippen LogP contribution in [-0.2, 0) is 9.53 Å². The lowest BCUT2D eigenvalue weighted by Crippen LogP contribution is -2.25. The molecule has 6 heteroatoms. The quantitative estimate of drug-likeness (QED) is 0.773. The molecule has 0 saturated carbocycles. The van der Waals surface area contributed by atoms with Crippen LogP contribution >= 0.6 is 11.6 Å². The fourth-order valence-corrected chi connectivity index (χ4v) is 2.61. The molecule has 1 aliphatic rings. The smallest absolute Gasteiger partial charge is 0.310 e. The molecule has 1 fully saturated rings. The Balaban J connectivity index is 2.26. The highest BCUT2D eigenvalue weighted by Gasteiger charge is 2.36. The van der Waals surface area contributed by atoms with Crippen molar-refractivity contribution in [3.63, 3.8) is 0 Å². The molecule has 0 aliphatic carbocycles. The van der Waals surface area contributed by atoms with Crippen molar-refractivity contribution in [1.29, 1.82) is 5.26 Å². The van der Waals surface area contributed by atoms with Crippen LogP contribution in [0.2, 0.25) is 5.02 Å². The lowest BCUT2D eigenvalue weighted by Gasteiger charge is -2.18. The Morgan fingerprint density at radius 3 is 3.00 bits per heavy atom. The van der Waals surface area contributed by atoms with E-state index in [9.17, 15) is 4.79 Å². The van der Waals surface area contributed by atoms with E-state index in [0.29, 0.717) is 29.5 Å². The van der Waals surface area contributed by atoms with E-state index in [1.807, 2.05) is 17.9 Å². The van der Waals surface area contributed by atoms with Crippen molar-refractivity contribution in [3.05, 3.63) is 22.8 Å². The number of ether oxygens (including phenoxy) is 1. The minimum atomic E-state index is -0.220. The second-order valence-electron chi connectivity index (χ2n) is 4.62. The van der Waals surface area contributed by atoms with E-state index in [4.69, 9.17) is 21.6 Å². The zero-order valence-corrected chi connectivity index (χ0v) is 11.5. The van der Waals surface area contributed by atoms with Crippen molar-refractivity contribution in [2.45, 2.75) is 6.92 Å². The molecule has 1 aromatic rings. The van der Waals surface area contributed by atoms with Gasteiger partial charge in [0, 0.05) is 19.3 Å². The van der Waals surface area contributed by atoms with Crippen molar-refractivity contribution < 1.29 is 9.53 Å². The van der Waals surface area contributed by atoms with Gasteiger partial charge in [-0.1, -0.05) is 18.5 Å². The van der Waals surface area contributed by atoms with Crippen LogP contribution in [-0.4, -0.2) is 31.2 Å². The summed E-state index contributed by atoms with van der Waals surface area (Å²) in [5.41, 5.74) is 0.390. The Morgan fingerprint density at radius 1 is 1.63 bits per heavy atom. The third-order valence-corrected chi connectivity index (χ3v) is 3.78. The van der Waals surface area contributed by atoms with Crippen LogP contribution in [0.1, 0.15) is 12.5 Å². The lowest BCUT2D eigenvalue weighted by atomic mass is 9.99. The van der Waals surface area contributed by atoms with Crippen LogP contribution in [0, 0.1) is 23.2 Å². The van der Waals surface area contributed by atoms with Gasteiger partial charge in [-0.3, -0.25) is 4.79 Å². The van der Waals surface area contributed by atoms with Gasteiger partial charge in [-0.15, -0.1) is 0 Å². The molecular formula is C13H14ClN3O2. The van der Waals surface area contributed by atoms with E-state index < -0.39 is 0 Å². The molecule has 0 N–H and O–H groups in total. The van der Waals surface area contributed by atoms with Gasteiger partial charge in [0.05, 0.1) is 18.6 Å². The monoisotopic (exact) mass is 279 g/mol. The summed E-state index contributed by atoms with van der Waals surface area (Å²) in [5.74, 6) is 0.311. The molecule has 0 spiro atoms. The number of pyridine rings is 1. The Kier molecular flexibility index (Phi) is 3.91. The molecule has 2 heterocycles. The van der Waals surface area contributed by atoms with Gasteiger partial charge >= 0.3 is 5.97 Å². The molecule has 5 nitrogen and oxygen atoms in total. The molecule has 2 unspecified atom stereocenters. The second kappa shape index (κ2) is 5.45. The van der Waals surface area contributed by atoms with Crippen LogP contribution in [0.5, 0.6) is 0 Å². The average molecular weight is 280 g/mol. The Bertz CT molecular complexity index is 541. The van der Waals surface area contributed by atoms with Crippen LogP contribution in [0.15, 0.2) is 12.3 Å². The van der Waals surface area contributed by atoms with Gasteiger partial charge < -0.3 is 9.64 Å². The molecule has 1 saturated heterocycles. The summed E-state index contributed by atoms with van der Waals surface area (Å²) in [6.07, 6.45) is 1.55. The molecule has 19 heavy (non-hydrogen) atoms. The number of hydrogen-bond donors (Lipinski definition) is 0. The van der Waals surface area contributed by atoms with Crippen molar-refractivity contribution in [2.75, 3.05) is 25.1 Å². The molecule has 2 atom stereocenters. The summed E-state index contributed by atoms with van der Waals surface area (Å²) in [7, 11) is 1.39. The van der Waals surface area contributed by atoms with E-state index >= 15 is 0 Å². The first kappa shape index (κ1) is 13.6. The molecule has 1 aliphatic heterocycles. The van der Waals surface area contributed by atoms with Gasteiger partial charge in [0.15, 0.2) is 0 Å². The zero-order chi connectivity index (χ0) is 14.0. The minimum absolute atomic E-state index is 0.163. The van der Waals surface area contributed by atoms with Crippen molar-refractivity contribution >= 4 is 23.4 Å². The summed E-state index contributed by atoms with van der Waals surface area (Å²) >= 11 is 6.16. The number of esters is 1. The average Bonchev–Trinajstić information content (AvgIpc) is 2.80. The first-order valence-corrected chi connectivity index (χ1v) is 6.33. The zero-order valence-electron chi connectivity index (χ0n) is 10.8. The number of aromatic nitrogens is 1. The van der Waals surface area contributed by atoms with Crippen LogP contribution in [0.3, 0.4) is 0 Å². The molecule has 0 bridgehead atoms. The van der Waals surface area contributed by atoms with Crippen LogP contribution < -0.4 is 4.90 Å². The first-order valence-electron chi connectivity index (χ1n) is 5.95. The maximum Gasteiger partial charge on any atom is 0.310 e. The maximum atomic E-state index is 11.7. The SMILES string of the molecule is COC(=O)C1CN(c2nccc(C#N)c2Cl)CC1C. The number of anilines is 1. The third-order valence-electron chi connectivity index (χ3n) is 3.41. The predicted octanol–water partition coefficient (Wildman–Crippen LogP) is 1.85.